The number of rotatable bonds is 4. The number of hydrogen-bond donors (Lipinski definition) is 1. The van der Waals surface area contributed by atoms with Gasteiger partial charge in [-0.1, -0.05) is 6.92 Å². The lowest BCUT2D eigenvalue weighted by molar-refractivity contribution is 0.587. The maximum atomic E-state index is 5.61. The Morgan fingerprint density at radius 1 is 1.50 bits per heavy atom. The molecule has 0 aromatic carbocycles. The molecule has 2 rings (SSSR count). The molecule has 2 heterocycles. The number of fused-ring (bicyclic) bond motifs is 1. The maximum absolute atomic E-state index is 5.61. The van der Waals surface area contributed by atoms with Crippen molar-refractivity contribution < 1.29 is 0 Å². The average molecular weight is 219 g/mol. The molecule has 86 valence electrons. The molecule has 16 heavy (non-hydrogen) atoms. The molecule has 0 spiro atoms. The Labute approximate surface area is 94.9 Å². The Hall–Kier alpha value is -1.62. The fraction of sp³-hybridized carbons (Fsp3) is 0.455. The summed E-state index contributed by atoms with van der Waals surface area (Å²) in [5, 5.41) is 4.11. The van der Waals surface area contributed by atoms with Crippen LogP contribution in [0.4, 0.5) is 5.82 Å². The average Bonchev–Trinajstić information content (AvgIpc) is 2.75. The molecule has 0 aliphatic carbocycles. The lowest BCUT2D eigenvalue weighted by Gasteiger charge is -2.21. The molecule has 1 unspecified atom stereocenters. The third-order valence-corrected chi connectivity index (χ3v) is 2.62. The van der Waals surface area contributed by atoms with E-state index in [0.29, 0.717) is 12.5 Å². The molecule has 5 heteroatoms. The molecule has 0 radical (unpaired) electrons. The van der Waals surface area contributed by atoms with E-state index in [-0.39, 0.29) is 0 Å². The van der Waals surface area contributed by atoms with Gasteiger partial charge >= 0.3 is 0 Å². The van der Waals surface area contributed by atoms with E-state index in [9.17, 15) is 0 Å². The van der Waals surface area contributed by atoms with Crippen molar-refractivity contribution in [1.29, 1.82) is 0 Å². The summed E-state index contributed by atoms with van der Waals surface area (Å²) < 4.78 is 1.75. The van der Waals surface area contributed by atoms with Gasteiger partial charge in [0, 0.05) is 25.9 Å². The Bertz CT molecular complexity index is 464. The van der Waals surface area contributed by atoms with Crippen LogP contribution in [0.5, 0.6) is 0 Å². The summed E-state index contributed by atoms with van der Waals surface area (Å²) >= 11 is 0. The number of anilines is 1. The topological polar surface area (TPSA) is 59.5 Å². The highest BCUT2D eigenvalue weighted by molar-refractivity contribution is 5.46. The van der Waals surface area contributed by atoms with Crippen LogP contribution in [-0.2, 0) is 0 Å². The van der Waals surface area contributed by atoms with E-state index >= 15 is 0 Å². The molecule has 2 N–H and O–H groups in total. The molecule has 0 aliphatic heterocycles. The highest BCUT2D eigenvalue weighted by Crippen LogP contribution is 2.11. The molecule has 0 saturated carbocycles. The fourth-order valence-corrected chi connectivity index (χ4v) is 1.65. The SMILES string of the molecule is CC(CN)CN(C)c1ccn2nccc2n1. The van der Waals surface area contributed by atoms with Gasteiger partial charge in [-0.05, 0) is 18.5 Å². The first-order chi connectivity index (χ1) is 7.70. The standard InChI is InChI=1S/C11H17N5/c1-9(7-12)8-15(2)10-4-6-16-11(14-10)3-5-13-16/h3-6,9H,7-8,12H2,1-2H3. The van der Waals surface area contributed by atoms with Crippen LogP contribution < -0.4 is 10.6 Å². The first-order valence-corrected chi connectivity index (χ1v) is 5.42. The normalized spacial score (nSPS) is 12.9. The minimum Gasteiger partial charge on any atom is -0.359 e. The zero-order valence-electron chi connectivity index (χ0n) is 9.67. The molecule has 1 atom stereocenters. The number of nitrogens with two attached hydrogens (primary N) is 1. The summed E-state index contributed by atoms with van der Waals surface area (Å²) in [5.74, 6) is 1.42. The first-order valence-electron chi connectivity index (χ1n) is 5.42. The molecule has 0 saturated heterocycles. The summed E-state index contributed by atoms with van der Waals surface area (Å²) in [4.78, 5) is 6.62. The van der Waals surface area contributed by atoms with Crippen LogP contribution in [0, 0.1) is 5.92 Å². The number of nitrogens with zero attached hydrogens (tertiary/aromatic N) is 4. The fourth-order valence-electron chi connectivity index (χ4n) is 1.65. The van der Waals surface area contributed by atoms with E-state index in [2.05, 4.69) is 21.9 Å². The van der Waals surface area contributed by atoms with Crippen molar-refractivity contribution in [2.45, 2.75) is 6.92 Å². The molecule has 0 fully saturated rings. The predicted molar refractivity (Wildman–Crippen MR) is 64.5 cm³/mol. The van der Waals surface area contributed by atoms with Gasteiger partial charge in [-0.25, -0.2) is 9.50 Å². The summed E-state index contributed by atoms with van der Waals surface area (Å²) in [7, 11) is 2.03. The van der Waals surface area contributed by atoms with E-state index in [4.69, 9.17) is 5.73 Å². The minimum absolute atomic E-state index is 0.466. The van der Waals surface area contributed by atoms with Crippen molar-refractivity contribution in [2.75, 3.05) is 25.0 Å². The number of hydrogen-bond acceptors (Lipinski definition) is 4. The van der Waals surface area contributed by atoms with Gasteiger partial charge in [0.2, 0.25) is 0 Å². The van der Waals surface area contributed by atoms with Crippen molar-refractivity contribution >= 4 is 11.5 Å². The third kappa shape index (κ3) is 2.14. The second-order valence-corrected chi connectivity index (χ2v) is 4.14. The van der Waals surface area contributed by atoms with E-state index in [0.717, 1.165) is 18.0 Å². The Morgan fingerprint density at radius 3 is 3.06 bits per heavy atom. The lowest BCUT2D eigenvalue weighted by atomic mass is 10.2. The quantitative estimate of drug-likeness (QED) is 0.824. The lowest BCUT2D eigenvalue weighted by Crippen LogP contribution is -2.28. The van der Waals surface area contributed by atoms with Gasteiger partial charge in [-0.2, -0.15) is 5.10 Å². The van der Waals surface area contributed by atoms with E-state index in [1.807, 2.05) is 25.4 Å². The summed E-state index contributed by atoms with van der Waals surface area (Å²) in [5.41, 5.74) is 6.48. The minimum atomic E-state index is 0.466. The zero-order chi connectivity index (χ0) is 11.5. The molecule has 0 aliphatic rings. The summed E-state index contributed by atoms with van der Waals surface area (Å²) in [6.07, 6.45) is 3.66. The van der Waals surface area contributed by atoms with Crippen LogP contribution in [0.1, 0.15) is 6.92 Å². The van der Waals surface area contributed by atoms with Crippen LogP contribution in [-0.4, -0.2) is 34.7 Å². The molecule has 0 amide bonds. The van der Waals surface area contributed by atoms with Crippen LogP contribution in [0.3, 0.4) is 0 Å². The molecule has 5 nitrogen and oxygen atoms in total. The van der Waals surface area contributed by atoms with Gasteiger partial charge in [0.25, 0.3) is 0 Å². The Kier molecular flexibility index (Phi) is 3.05. The van der Waals surface area contributed by atoms with Crippen LogP contribution in [0.15, 0.2) is 24.5 Å². The van der Waals surface area contributed by atoms with E-state index < -0.39 is 0 Å². The maximum Gasteiger partial charge on any atom is 0.157 e. The van der Waals surface area contributed by atoms with E-state index in [1.165, 1.54) is 0 Å². The highest BCUT2D eigenvalue weighted by atomic mass is 15.3. The van der Waals surface area contributed by atoms with Crippen molar-refractivity contribution in [3.8, 4) is 0 Å². The van der Waals surface area contributed by atoms with Crippen LogP contribution in [0.25, 0.3) is 5.65 Å². The van der Waals surface area contributed by atoms with Crippen molar-refractivity contribution in [3.63, 3.8) is 0 Å². The third-order valence-electron chi connectivity index (χ3n) is 2.62. The van der Waals surface area contributed by atoms with E-state index in [1.54, 1.807) is 10.7 Å². The van der Waals surface area contributed by atoms with Crippen molar-refractivity contribution in [1.82, 2.24) is 14.6 Å². The molecule has 2 aromatic heterocycles. The highest BCUT2D eigenvalue weighted by Gasteiger charge is 2.07. The first kappa shape index (κ1) is 10.9. The Balaban J connectivity index is 2.18. The predicted octanol–water partition coefficient (Wildman–Crippen LogP) is 0.760. The number of aromatic nitrogens is 3. The monoisotopic (exact) mass is 219 g/mol. The molecular weight excluding hydrogens is 202 g/mol. The largest absolute Gasteiger partial charge is 0.359 e. The molecule has 0 bridgehead atoms. The molecule has 2 aromatic rings. The van der Waals surface area contributed by atoms with Crippen LogP contribution in [0.2, 0.25) is 0 Å². The van der Waals surface area contributed by atoms with Gasteiger partial charge in [0.1, 0.15) is 5.82 Å². The smallest absolute Gasteiger partial charge is 0.157 e. The summed E-state index contributed by atoms with van der Waals surface area (Å²) in [6, 6.07) is 3.85. The van der Waals surface area contributed by atoms with Crippen molar-refractivity contribution in [2.24, 2.45) is 11.7 Å². The second kappa shape index (κ2) is 4.49. The second-order valence-electron chi connectivity index (χ2n) is 4.14. The van der Waals surface area contributed by atoms with Gasteiger partial charge in [-0.3, -0.25) is 0 Å². The molecular formula is C11H17N5. The van der Waals surface area contributed by atoms with Gasteiger partial charge < -0.3 is 10.6 Å². The summed E-state index contributed by atoms with van der Waals surface area (Å²) in [6.45, 7) is 3.74. The van der Waals surface area contributed by atoms with Gasteiger partial charge in [-0.15, -0.1) is 0 Å². The van der Waals surface area contributed by atoms with Crippen molar-refractivity contribution in [3.05, 3.63) is 24.5 Å². The van der Waals surface area contributed by atoms with Gasteiger partial charge in [0.15, 0.2) is 5.65 Å². The Morgan fingerprint density at radius 2 is 2.31 bits per heavy atom. The van der Waals surface area contributed by atoms with Gasteiger partial charge in [0.05, 0.1) is 6.20 Å². The zero-order valence-corrected chi connectivity index (χ0v) is 9.67. The van der Waals surface area contributed by atoms with Crippen LogP contribution >= 0.6 is 0 Å².